The SMILES string of the molecule is CC(=O)N1c2ccccc2C(C)(C)C1c1ccccc1C. The summed E-state index contributed by atoms with van der Waals surface area (Å²) >= 11 is 0. The third-order valence-corrected chi connectivity index (χ3v) is 4.62. The summed E-state index contributed by atoms with van der Waals surface area (Å²) in [4.78, 5) is 14.3. The molecule has 0 spiro atoms. The summed E-state index contributed by atoms with van der Waals surface area (Å²) in [5.41, 5.74) is 4.65. The molecule has 1 atom stereocenters. The number of aryl methyl sites for hydroxylation is 1. The van der Waals surface area contributed by atoms with E-state index >= 15 is 0 Å². The van der Waals surface area contributed by atoms with Crippen molar-refractivity contribution in [2.45, 2.75) is 39.2 Å². The van der Waals surface area contributed by atoms with E-state index in [0.717, 1.165) is 5.69 Å². The summed E-state index contributed by atoms with van der Waals surface area (Å²) in [6, 6.07) is 16.7. The third-order valence-electron chi connectivity index (χ3n) is 4.62. The van der Waals surface area contributed by atoms with Gasteiger partial charge in [-0.3, -0.25) is 4.79 Å². The number of nitrogens with zero attached hydrogens (tertiary/aromatic N) is 1. The molecule has 108 valence electrons. The second kappa shape index (κ2) is 4.73. The van der Waals surface area contributed by atoms with Crippen LogP contribution in [0.25, 0.3) is 0 Å². The van der Waals surface area contributed by atoms with E-state index in [1.807, 2.05) is 17.0 Å². The van der Waals surface area contributed by atoms with Crippen LogP contribution in [0.3, 0.4) is 0 Å². The first kappa shape index (κ1) is 13.9. The van der Waals surface area contributed by atoms with E-state index in [9.17, 15) is 4.79 Å². The van der Waals surface area contributed by atoms with E-state index in [2.05, 4.69) is 57.2 Å². The molecule has 0 aromatic heterocycles. The number of rotatable bonds is 1. The predicted molar refractivity (Wildman–Crippen MR) is 86.5 cm³/mol. The van der Waals surface area contributed by atoms with Crippen LogP contribution in [0.15, 0.2) is 48.5 Å². The summed E-state index contributed by atoms with van der Waals surface area (Å²) in [5, 5.41) is 0. The quantitative estimate of drug-likeness (QED) is 0.758. The third kappa shape index (κ3) is 1.98. The average Bonchev–Trinajstić information content (AvgIpc) is 2.68. The molecule has 0 saturated carbocycles. The molecule has 2 heteroatoms. The first-order chi connectivity index (χ1) is 9.94. The van der Waals surface area contributed by atoms with Crippen LogP contribution in [-0.2, 0) is 10.2 Å². The van der Waals surface area contributed by atoms with Gasteiger partial charge in [-0.1, -0.05) is 56.3 Å². The van der Waals surface area contributed by atoms with Crippen molar-refractivity contribution in [1.29, 1.82) is 0 Å². The van der Waals surface area contributed by atoms with Crippen LogP contribution in [0.4, 0.5) is 5.69 Å². The maximum atomic E-state index is 12.3. The topological polar surface area (TPSA) is 20.3 Å². The van der Waals surface area contributed by atoms with Crippen molar-refractivity contribution >= 4 is 11.6 Å². The summed E-state index contributed by atoms with van der Waals surface area (Å²) in [6.07, 6.45) is 0. The zero-order valence-electron chi connectivity index (χ0n) is 13.1. The minimum Gasteiger partial charge on any atom is -0.304 e. The fourth-order valence-electron chi connectivity index (χ4n) is 3.61. The first-order valence-corrected chi connectivity index (χ1v) is 7.39. The normalized spacial score (nSPS) is 19.4. The summed E-state index contributed by atoms with van der Waals surface area (Å²) in [6.45, 7) is 8.23. The van der Waals surface area contributed by atoms with Gasteiger partial charge < -0.3 is 4.90 Å². The average molecular weight is 279 g/mol. The van der Waals surface area contributed by atoms with Crippen molar-refractivity contribution in [3.63, 3.8) is 0 Å². The number of carbonyl (C=O) groups is 1. The van der Waals surface area contributed by atoms with Crippen molar-refractivity contribution in [1.82, 2.24) is 0 Å². The highest BCUT2D eigenvalue weighted by Gasteiger charge is 2.47. The predicted octanol–water partition coefficient (Wildman–Crippen LogP) is 4.38. The molecular weight excluding hydrogens is 258 g/mol. The molecule has 1 unspecified atom stereocenters. The van der Waals surface area contributed by atoms with Crippen LogP contribution < -0.4 is 4.90 Å². The van der Waals surface area contributed by atoms with Crippen LogP contribution in [0.5, 0.6) is 0 Å². The van der Waals surface area contributed by atoms with Crippen molar-refractivity contribution < 1.29 is 4.79 Å². The number of anilines is 1. The van der Waals surface area contributed by atoms with Gasteiger partial charge in [0.25, 0.3) is 0 Å². The van der Waals surface area contributed by atoms with Gasteiger partial charge in [-0.2, -0.15) is 0 Å². The lowest BCUT2D eigenvalue weighted by molar-refractivity contribution is -0.117. The number of hydrogen-bond donors (Lipinski definition) is 0. The molecule has 0 saturated heterocycles. The number of benzene rings is 2. The maximum absolute atomic E-state index is 12.3. The number of amides is 1. The summed E-state index contributed by atoms with van der Waals surface area (Å²) in [5.74, 6) is 0.0984. The van der Waals surface area contributed by atoms with E-state index in [4.69, 9.17) is 0 Å². The molecule has 0 N–H and O–H groups in total. The maximum Gasteiger partial charge on any atom is 0.224 e. The molecule has 0 radical (unpaired) electrons. The molecule has 1 aliphatic rings. The van der Waals surface area contributed by atoms with E-state index < -0.39 is 0 Å². The van der Waals surface area contributed by atoms with E-state index in [-0.39, 0.29) is 17.4 Å². The van der Waals surface area contributed by atoms with Crippen LogP contribution >= 0.6 is 0 Å². The van der Waals surface area contributed by atoms with Crippen LogP contribution in [0.2, 0.25) is 0 Å². The Morgan fingerprint density at radius 2 is 1.67 bits per heavy atom. The van der Waals surface area contributed by atoms with Gasteiger partial charge in [-0.05, 0) is 29.7 Å². The van der Waals surface area contributed by atoms with Gasteiger partial charge in [0.05, 0.1) is 6.04 Å². The molecule has 2 nitrogen and oxygen atoms in total. The number of para-hydroxylation sites is 1. The van der Waals surface area contributed by atoms with Crippen LogP contribution in [-0.4, -0.2) is 5.91 Å². The van der Waals surface area contributed by atoms with Gasteiger partial charge in [0.1, 0.15) is 0 Å². The molecule has 3 rings (SSSR count). The Morgan fingerprint density at radius 3 is 2.33 bits per heavy atom. The Morgan fingerprint density at radius 1 is 1.05 bits per heavy atom. The molecule has 2 aromatic rings. The van der Waals surface area contributed by atoms with E-state index in [1.165, 1.54) is 16.7 Å². The lowest BCUT2D eigenvalue weighted by Crippen LogP contribution is -2.37. The lowest BCUT2D eigenvalue weighted by Gasteiger charge is -2.34. The molecular formula is C19H21NO. The van der Waals surface area contributed by atoms with Gasteiger partial charge in [-0.25, -0.2) is 0 Å². The first-order valence-electron chi connectivity index (χ1n) is 7.39. The van der Waals surface area contributed by atoms with Crippen LogP contribution in [0, 0.1) is 6.92 Å². The summed E-state index contributed by atoms with van der Waals surface area (Å²) < 4.78 is 0. The highest BCUT2D eigenvalue weighted by molar-refractivity contribution is 5.96. The number of carbonyl (C=O) groups excluding carboxylic acids is 1. The lowest BCUT2D eigenvalue weighted by atomic mass is 9.76. The van der Waals surface area contributed by atoms with Crippen molar-refractivity contribution in [3.8, 4) is 0 Å². The van der Waals surface area contributed by atoms with E-state index in [0.29, 0.717) is 0 Å². The zero-order valence-corrected chi connectivity index (χ0v) is 13.1. The Balaban J connectivity index is 2.25. The highest BCUT2D eigenvalue weighted by Crippen LogP contribution is 2.53. The van der Waals surface area contributed by atoms with Crippen LogP contribution in [0.1, 0.15) is 43.5 Å². The van der Waals surface area contributed by atoms with Crippen molar-refractivity contribution in [3.05, 3.63) is 65.2 Å². The standard InChI is InChI=1S/C19H21NO/c1-13-9-5-6-10-15(13)18-19(3,4)16-11-7-8-12-17(16)20(18)14(2)21/h5-12,18H,1-4H3. The Bertz CT molecular complexity index is 702. The monoisotopic (exact) mass is 279 g/mol. The van der Waals surface area contributed by atoms with Crippen molar-refractivity contribution in [2.75, 3.05) is 4.90 Å². The van der Waals surface area contributed by atoms with Gasteiger partial charge in [0.2, 0.25) is 5.91 Å². The highest BCUT2D eigenvalue weighted by atomic mass is 16.2. The molecule has 0 aliphatic carbocycles. The molecule has 0 bridgehead atoms. The summed E-state index contributed by atoms with van der Waals surface area (Å²) in [7, 11) is 0. The second-order valence-electron chi connectivity index (χ2n) is 6.39. The molecule has 1 heterocycles. The second-order valence-corrected chi connectivity index (χ2v) is 6.39. The van der Waals surface area contributed by atoms with E-state index in [1.54, 1.807) is 6.92 Å². The molecule has 0 fully saturated rings. The fourth-order valence-corrected chi connectivity index (χ4v) is 3.61. The van der Waals surface area contributed by atoms with Gasteiger partial charge in [0, 0.05) is 18.0 Å². The minimum absolute atomic E-state index is 0.0496. The molecule has 1 aliphatic heterocycles. The van der Waals surface area contributed by atoms with Crippen molar-refractivity contribution in [2.24, 2.45) is 0 Å². The fraction of sp³-hybridized carbons (Fsp3) is 0.316. The zero-order chi connectivity index (χ0) is 15.2. The smallest absolute Gasteiger partial charge is 0.224 e. The largest absolute Gasteiger partial charge is 0.304 e. The molecule has 1 amide bonds. The number of fused-ring (bicyclic) bond motifs is 1. The molecule has 2 aromatic carbocycles. The Hall–Kier alpha value is -2.09. The number of hydrogen-bond acceptors (Lipinski definition) is 1. The van der Waals surface area contributed by atoms with Gasteiger partial charge in [0.15, 0.2) is 0 Å². The Kier molecular flexibility index (Phi) is 3.12. The van der Waals surface area contributed by atoms with Gasteiger partial charge in [-0.15, -0.1) is 0 Å². The minimum atomic E-state index is -0.103. The van der Waals surface area contributed by atoms with Gasteiger partial charge >= 0.3 is 0 Å². The molecule has 21 heavy (non-hydrogen) atoms. The Labute approximate surface area is 126 Å².